The molecule has 1 aromatic carbocycles. The molecule has 2 rings (SSSR count). The lowest BCUT2D eigenvalue weighted by Gasteiger charge is -2.09. The molecular formula is C15H17BrN4. The van der Waals surface area contributed by atoms with E-state index >= 15 is 0 Å². The van der Waals surface area contributed by atoms with Gasteiger partial charge in [-0.2, -0.15) is 10.4 Å². The summed E-state index contributed by atoms with van der Waals surface area (Å²) in [6.45, 7) is 4.93. The molecule has 0 fully saturated rings. The molecule has 104 valence electrons. The average Bonchev–Trinajstić information content (AvgIpc) is 2.78. The van der Waals surface area contributed by atoms with E-state index in [2.05, 4.69) is 46.3 Å². The molecule has 0 saturated carbocycles. The summed E-state index contributed by atoms with van der Waals surface area (Å²) in [7, 11) is 1.93. The molecule has 0 aliphatic carbocycles. The Bertz CT molecular complexity index is 652. The van der Waals surface area contributed by atoms with Gasteiger partial charge in [-0.15, -0.1) is 0 Å². The second-order valence-corrected chi connectivity index (χ2v) is 5.94. The van der Waals surface area contributed by atoms with Crippen LogP contribution in [0.25, 0.3) is 0 Å². The molecule has 1 heterocycles. The lowest BCUT2D eigenvalue weighted by Crippen LogP contribution is -2.04. The highest BCUT2D eigenvalue weighted by atomic mass is 79.9. The molecule has 20 heavy (non-hydrogen) atoms. The smallest absolute Gasteiger partial charge is 0.101 e. The quantitative estimate of drug-likeness (QED) is 0.926. The van der Waals surface area contributed by atoms with Crippen LogP contribution in [0.15, 0.2) is 28.9 Å². The van der Waals surface area contributed by atoms with Crippen LogP contribution in [0.5, 0.6) is 0 Å². The van der Waals surface area contributed by atoms with E-state index in [4.69, 9.17) is 5.26 Å². The third kappa shape index (κ3) is 3.20. The fraction of sp³-hybridized carbons (Fsp3) is 0.333. The number of nitrogens with zero attached hydrogens (tertiary/aromatic N) is 3. The van der Waals surface area contributed by atoms with Crippen LogP contribution in [-0.4, -0.2) is 9.78 Å². The van der Waals surface area contributed by atoms with Gasteiger partial charge in [0.2, 0.25) is 0 Å². The van der Waals surface area contributed by atoms with Gasteiger partial charge >= 0.3 is 0 Å². The van der Waals surface area contributed by atoms with E-state index in [1.807, 2.05) is 36.1 Å². The zero-order valence-electron chi connectivity index (χ0n) is 11.8. The van der Waals surface area contributed by atoms with Gasteiger partial charge in [-0.3, -0.25) is 4.68 Å². The maximum absolute atomic E-state index is 9.16. The minimum Gasteiger partial charge on any atom is -0.380 e. The Morgan fingerprint density at radius 2 is 2.20 bits per heavy atom. The van der Waals surface area contributed by atoms with E-state index < -0.39 is 0 Å². The van der Waals surface area contributed by atoms with Crippen molar-refractivity contribution in [1.82, 2.24) is 9.78 Å². The van der Waals surface area contributed by atoms with Gasteiger partial charge in [0.05, 0.1) is 16.9 Å². The number of halogens is 1. The van der Waals surface area contributed by atoms with Gasteiger partial charge in [-0.25, -0.2) is 0 Å². The number of aryl methyl sites for hydroxylation is 1. The molecule has 0 spiro atoms. The first-order valence-electron chi connectivity index (χ1n) is 6.47. The molecule has 0 saturated heterocycles. The number of nitrogens with one attached hydrogen (secondary N) is 1. The summed E-state index contributed by atoms with van der Waals surface area (Å²) in [6.07, 6.45) is 2.02. The summed E-state index contributed by atoms with van der Waals surface area (Å²) < 4.78 is 2.74. The molecule has 0 amide bonds. The number of aromatic nitrogens is 2. The fourth-order valence-electron chi connectivity index (χ4n) is 2.13. The Morgan fingerprint density at radius 1 is 1.45 bits per heavy atom. The Hall–Kier alpha value is -1.80. The molecule has 1 aromatic heterocycles. The summed E-state index contributed by atoms with van der Waals surface area (Å²) in [4.78, 5) is 0. The van der Waals surface area contributed by atoms with Gasteiger partial charge in [0.1, 0.15) is 6.07 Å². The van der Waals surface area contributed by atoms with Crippen LogP contribution in [0.4, 0.5) is 5.69 Å². The van der Waals surface area contributed by atoms with E-state index in [-0.39, 0.29) is 0 Å². The number of rotatable bonds is 4. The third-order valence-electron chi connectivity index (χ3n) is 3.06. The summed E-state index contributed by atoms with van der Waals surface area (Å²) in [5.74, 6) is 0.383. The van der Waals surface area contributed by atoms with E-state index in [0.29, 0.717) is 18.0 Å². The van der Waals surface area contributed by atoms with Crippen LogP contribution >= 0.6 is 15.9 Å². The van der Waals surface area contributed by atoms with Crippen LogP contribution in [0.2, 0.25) is 0 Å². The van der Waals surface area contributed by atoms with E-state index in [9.17, 15) is 0 Å². The molecule has 4 nitrogen and oxygen atoms in total. The maximum Gasteiger partial charge on any atom is 0.101 e. The minimum absolute atomic E-state index is 0.383. The second kappa shape index (κ2) is 6.10. The SMILES string of the molecule is CC(C)c1nn(C)cc1CNc1ccc(Br)cc1C#N. The van der Waals surface area contributed by atoms with Crippen molar-refractivity contribution in [1.29, 1.82) is 5.26 Å². The minimum atomic E-state index is 0.383. The van der Waals surface area contributed by atoms with E-state index in [0.717, 1.165) is 21.4 Å². The van der Waals surface area contributed by atoms with Crippen LogP contribution in [0.3, 0.4) is 0 Å². The van der Waals surface area contributed by atoms with Crippen molar-refractivity contribution < 1.29 is 0 Å². The van der Waals surface area contributed by atoms with Crippen LogP contribution in [-0.2, 0) is 13.6 Å². The standard InChI is InChI=1S/C15H17BrN4/c1-10(2)15-12(9-20(3)19-15)8-18-14-5-4-13(16)6-11(14)7-17/h4-6,9-10,18H,8H2,1-3H3. The number of anilines is 1. The maximum atomic E-state index is 9.16. The van der Waals surface area contributed by atoms with Gasteiger partial charge in [0, 0.05) is 29.8 Å². The lowest BCUT2D eigenvalue weighted by atomic mass is 10.1. The molecule has 0 unspecified atom stereocenters. The van der Waals surface area contributed by atoms with Gasteiger partial charge in [-0.1, -0.05) is 29.8 Å². The highest BCUT2D eigenvalue weighted by molar-refractivity contribution is 9.10. The summed E-state index contributed by atoms with van der Waals surface area (Å²) in [6, 6.07) is 7.85. The third-order valence-corrected chi connectivity index (χ3v) is 3.55. The number of nitriles is 1. The fourth-order valence-corrected chi connectivity index (χ4v) is 2.49. The highest BCUT2D eigenvalue weighted by Crippen LogP contribution is 2.22. The Morgan fingerprint density at radius 3 is 2.85 bits per heavy atom. The second-order valence-electron chi connectivity index (χ2n) is 5.02. The zero-order valence-corrected chi connectivity index (χ0v) is 13.4. The predicted molar refractivity (Wildman–Crippen MR) is 83.5 cm³/mol. The molecule has 0 bridgehead atoms. The first-order valence-corrected chi connectivity index (χ1v) is 7.26. The molecule has 2 aromatic rings. The monoisotopic (exact) mass is 332 g/mol. The largest absolute Gasteiger partial charge is 0.380 e. The van der Waals surface area contributed by atoms with Gasteiger partial charge in [-0.05, 0) is 24.1 Å². The topological polar surface area (TPSA) is 53.6 Å². The van der Waals surface area contributed by atoms with Crippen LogP contribution in [0, 0.1) is 11.3 Å². The first-order chi connectivity index (χ1) is 9.51. The molecule has 0 aliphatic heterocycles. The van der Waals surface area contributed by atoms with Crippen molar-refractivity contribution in [2.24, 2.45) is 7.05 Å². The Labute approximate surface area is 127 Å². The van der Waals surface area contributed by atoms with Crippen molar-refractivity contribution in [3.8, 4) is 6.07 Å². The zero-order chi connectivity index (χ0) is 14.7. The normalized spacial score (nSPS) is 10.6. The van der Waals surface area contributed by atoms with Gasteiger partial charge in [0.15, 0.2) is 0 Å². The van der Waals surface area contributed by atoms with Crippen molar-refractivity contribution in [3.63, 3.8) is 0 Å². The van der Waals surface area contributed by atoms with Gasteiger partial charge < -0.3 is 5.32 Å². The Balaban J connectivity index is 2.19. The van der Waals surface area contributed by atoms with E-state index in [1.165, 1.54) is 0 Å². The Kier molecular flexibility index (Phi) is 4.46. The number of hydrogen-bond donors (Lipinski definition) is 1. The predicted octanol–water partition coefficient (Wildman–Crippen LogP) is 3.79. The lowest BCUT2D eigenvalue weighted by molar-refractivity contribution is 0.712. The average molecular weight is 333 g/mol. The van der Waals surface area contributed by atoms with Crippen molar-refractivity contribution in [3.05, 3.63) is 45.7 Å². The van der Waals surface area contributed by atoms with Crippen molar-refractivity contribution >= 4 is 21.6 Å². The van der Waals surface area contributed by atoms with E-state index in [1.54, 1.807) is 0 Å². The molecule has 1 N–H and O–H groups in total. The summed E-state index contributed by atoms with van der Waals surface area (Å²) >= 11 is 3.37. The van der Waals surface area contributed by atoms with Crippen LogP contribution < -0.4 is 5.32 Å². The van der Waals surface area contributed by atoms with Crippen LogP contribution in [0.1, 0.15) is 36.6 Å². The first kappa shape index (κ1) is 14.6. The molecule has 5 heteroatoms. The van der Waals surface area contributed by atoms with Gasteiger partial charge in [0.25, 0.3) is 0 Å². The molecule has 0 atom stereocenters. The molecular weight excluding hydrogens is 316 g/mol. The van der Waals surface area contributed by atoms with Crippen molar-refractivity contribution in [2.75, 3.05) is 5.32 Å². The summed E-state index contributed by atoms with van der Waals surface area (Å²) in [5, 5.41) is 17.0. The number of hydrogen-bond acceptors (Lipinski definition) is 3. The molecule has 0 radical (unpaired) electrons. The van der Waals surface area contributed by atoms with Crippen molar-refractivity contribution in [2.45, 2.75) is 26.3 Å². The summed E-state index contributed by atoms with van der Waals surface area (Å²) in [5.41, 5.74) is 3.73. The highest BCUT2D eigenvalue weighted by Gasteiger charge is 2.11. The number of benzene rings is 1. The molecule has 0 aliphatic rings.